The van der Waals surface area contributed by atoms with Gasteiger partial charge < -0.3 is 9.52 Å². The lowest BCUT2D eigenvalue weighted by Gasteiger charge is -2.03. The van der Waals surface area contributed by atoms with Crippen molar-refractivity contribution >= 4 is 11.0 Å². The van der Waals surface area contributed by atoms with Crippen LogP contribution in [0.5, 0.6) is 5.75 Å². The summed E-state index contributed by atoms with van der Waals surface area (Å²) in [6.07, 6.45) is 3.24. The van der Waals surface area contributed by atoms with Crippen molar-refractivity contribution in [3.8, 4) is 17.1 Å². The van der Waals surface area contributed by atoms with Crippen LogP contribution in [0.4, 0.5) is 0 Å². The molecule has 0 spiro atoms. The number of hydrogen-bond acceptors (Lipinski definition) is 4. The van der Waals surface area contributed by atoms with Crippen molar-refractivity contribution in [2.24, 2.45) is 0 Å². The van der Waals surface area contributed by atoms with Gasteiger partial charge in [-0.25, -0.2) is 0 Å². The fourth-order valence-corrected chi connectivity index (χ4v) is 1.81. The van der Waals surface area contributed by atoms with E-state index in [0.717, 1.165) is 0 Å². The van der Waals surface area contributed by atoms with Gasteiger partial charge in [0, 0.05) is 24.0 Å². The van der Waals surface area contributed by atoms with Crippen LogP contribution >= 0.6 is 0 Å². The summed E-state index contributed by atoms with van der Waals surface area (Å²) in [4.78, 5) is 15.9. The van der Waals surface area contributed by atoms with Crippen molar-refractivity contribution in [1.82, 2.24) is 4.98 Å². The lowest BCUT2D eigenvalue weighted by Crippen LogP contribution is -2.00. The molecule has 0 radical (unpaired) electrons. The third-order valence-electron chi connectivity index (χ3n) is 2.68. The van der Waals surface area contributed by atoms with Crippen LogP contribution in [-0.2, 0) is 0 Å². The van der Waals surface area contributed by atoms with Crippen molar-refractivity contribution in [2.45, 2.75) is 0 Å². The highest BCUT2D eigenvalue weighted by molar-refractivity contribution is 5.83. The van der Waals surface area contributed by atoms with Crippen LogP contribution in [0.2, 0.25) is 0 Å². The first-order chi connectivity index (χ1) is 8.75. The third-order valence-corrected chi connectivity index (χ3v) is 2.68. The van der Waals surface area contributed by atoms with Crippen LogP contribution in [0.15, 0.2) is 58.0 Å². The molecule has 0 aliphatic carbocycles. The smallest absolute Gasteiger partial charge is 0.193 e. The van der Waals surface area contributed by atoms with Gasteiger partial charge in [0.1, 0.15) is 5.76 Å². The summed E-state index contributed by atoms with van der Waals surface area (Å²) >= 11 is 0. The number of phenols is 1. The zero-order valence-corrected chi connectivity index (χ0v) is 9.33. The molecule has 4 nitrogen and oxygen atoms in total. The molecule has 0 aliphatic heterocycles. The van der Waals surface area contributed by atoms with E-state index in [1.54, 1.807) is 36.7 Å². The van der Waals surface area contributed by atoms with Crippen molar-refractivity contribution in [3.05, 3.63) is 59.0 Å². The van der Waals surface area contributed by atoms with Crippen LogP contribution in [0.3, 0.4) is 0 Å². The number of aromatic nitrogens is 1. The molecule has 88 valence electrons. The molecule has 18 heavy (non-hydrogen) atoms. The molecular formula is C14H9NO3. The zero-order chi connectivity index (χ0) is 12.5. The first-order valence-electron chi connectivity index (χ1n) is 5.42. The molecule has 4 heteroatoms. The first-order valence-corrected chi connectivity index (χ1v) is 5.42. The molecule has 3 aromatic rings. The maximum Gasteiger partial charge on any atom is 0.193 e. The van der Waals surface area contributed by atoms with Gasteiger partial charge in [0.15, 0.2) is 16.8 Å². The van der Waals surface area contributed by atoms with E-state index in [2.05, 4.69) is 4.98 Å². The van der Waals surface area contributed by atoms with Gasteiger partial charge in [-0.3, -0.25) is 9.78 Å². The summed E-state index contributed by atoms with van der Waals surface area (Å²) in [6.45, 7) is 0. The number of rotatable bonds is 1. The van der Waals surface area contributed by atoms with Crippen LogP contribution in [-0.4, -0.2) is 10.1 Å². The zero-order valence-electron chi connectivity index (χ0n) is 9.33. The number of benzene rings is 1. The largest absolute Gasteiger partial charge is 0.504 e. The summed E-state index contributed by atoms with van der Waals surface area (Å²) in [5, 5.41) is 10.1. The average Bonchev–Trinajstić information content (AvgIpc) is 2.41. The molecule has 0 fully saturated rings. The molecule has 2 aromatic heterocycles. The standard InChI is InChI=1S/C14H9NO3/c16-11-5-1-4-10-12(17)7-13(18-14(10)11)9-3-2-6-15-8-9/h1-8,16H. The van der Waals surface area contributed by atoms with E-state index in [1.807, 2.05) is 0 Å². The highest BCUT2D eigenvalue weighted by Crippen LogP contribution is 2.26. The SMILES string of the molecule is O=c1cc(-c2cccnc2)oc2c(O)cccc12. The molecule has 2 heterocycles. The predicted octanol–water partition coefficient (Wildman–Crippen LogP) is 2.56. The van der Waals surface area contributed by atoms with Crippen molar-refractivity contribution < 1.29 is 9.52 Å². The molecule has 0 bridgehead atoms. The van der Waals surface area contributed by atoms with E-state index in [9.17, 15) is 9.90 Å². The van der Waals surface area contributed by atoms with Gasteiger partial charge in [0.25, 0.3) is 0 Å². The van der Waals surface area contributed by atoms with Gasteiger partial charge in [0.2, 0.25) is 0 Å². The number of para-hydroxylation sites is 1. The average molecular weight is 239 g/mol. The number of phenolic OH excluding ortho intramolecular Hbond substituents is 1. The van der Waals surface area contributed by atoms with Gasteiger partial charge in [-0.2, -0.15) is 0 Å². The summed E-state index contributed by atoms with van der Waals surface area (Å²) in [5.74, 6) is 0.345. The molecular weight excluding hydrogens is 230 g/mol. The fraction of sp³-hybridized carbons (Fsp3) is 0. The van der Waals surface area contributed by atoms with E-state index in [4.69, 9.17) is 4.42 Å². The second-order valence-electron chi connectivity index (χ2n) is 3.87. The minimum atomic E-state index is -0.189. The second-order valence-corrected chi connectivity index (χ2v) is 3.87. The molecule has 3 rings (SSSR count). The summed E-state index contributed by atoms with van der Waals surface area (Å²) in [7, 11) is 0. The highest BCUT2D eigenvalue weighted by atomic mass is 16.4. The lowest BCUT2D eigenvalue weighted by molar-refractivity contribution is 0.464. The van der Waals surface area contributed by atoms with Crippen LogP contribution in [0.25, 0.3) is 22.3 Å². The molecule has 0 unspecified atom stereocenters. The van der Waals surface area contributed by atoms with Gasteiger partial charge in [-0.1, -0.05) is 6.07 Å². The Morgan fingerprint density at radius 2 is 2.06 bits per heavy atom. The van der Waals surface area contributed by atoms with E-state index in [1.165, 1.54) is 12.1 Å². The maximum atomic E-state index is 11.9. The Bertz CT molecular complexity index is 763. The predicted molar refractivity (Wildman–Crippen MR) is 67.4 cm³/mol. The quantitative estimate of drug-likeness (QED) is 0.708. The fourth-order valence-electron chi connectivity index (χ4n) is 1.81. The number of nitrogens with zero attached hydrogens (tertiary/aromatic N) is 1. The molecule has 0 saturated heterocycles. The Morgan fingerprint density at radius 1 is 1.17 bits per heavy atom. The second kappa shape index (κ2) is 4.00. The van der Waals surface area contributed by atoms with E-state index >= 15 is 0 Å². The number of pyridine rings is 1. The van der Waals surface area contributed by atoms with Gasteiger partial charge in [-0.15, -0.1) is 0 Å². The Labute approximate surface area is 102 Å². The minimum absolute atomic E-state index is 0.0460. The molecule has 0 saturated carbocycles. The first kappa shape index (κ1) is 10.5. The maximum absolute atomic E-state index is 11.9. The normalized spacial score (nSPS) is 10.7. The molecule has 1 N–H and O–H groups in total. The third kappa shape index (κ3) is 1.64. The summed E-state index contributed by atoms with van der Waals surface area (Å²) in [6, 6.07) is 9.66. The summed E-state index contributed by atoms with van der Waals surface area (Å²) in [5.41, 5.74) is 0.703. The van der Waals surface area contributed by atoms with E-state index < -0.39 is 0 Å². The van der Waals surface area contributed by atoms with Crippen LogP contribution in [0, 0.1) is 0 Å². The van der Waals surface area contributed by atoms with Gasteiger partial charge in [0.05, 0.1) is 5.39 Å². The van der Waals surface area contributed by atoms with Crippen LogP contribution in [0.1, 0.15) is 0 Å². The molecule has 0 atom stereocenters. The van der Waals surface area contributed by atoms with E-state index in [0.29, 0.717) is 16.7 Å². The molecule has 0 aliphatic rings. The number of aromatic hydroxyl groups is 1. The Morgan fingerprint density at radius 3 is 2.83 bits per heavy atom. The Kier molecular flexibility index (Phi) is 2.34. The minimum Gasteiger partial charge on any atom is -0.504 e. The van der Waals surface area contributed by atoms with Crippen molar-refractivity contribution in [2.75, 3.05) is 0 Å². The monoisotopic (exact) mass is 239 g/mol. The molecule has 1 aromatic carbocycles. The van der Waals surface area contributed by atoms with Gasteiger partial charge >= 0.3 is 0 Å². The lowest BCUT2D eigenvalue weighted by atomic mass is 10.1. The Balaban J connectivity index is 2.34. The number of hydrogen-bond donors (Lipinski definition) is 1. The highest BCUT2D eigenvalue weighted by Gasteiger charge is 2.09. The van der Waals surface area contributed by atoms with Gasteiger partial charge in [-0.05, 0) is 24.3 Å². The topological polar surface area (TPSA) is 63.3 Å². The van der Waals surface area contributed by atoms with Crippen LogP contribution < -0.4 is 5.43 Å². The Hall–Kier alpha value is -2.62. The van der Waals surface area contributed by atoms with Crippen molar-refractivity contribution in [1.29, 1.82) is 0 Å². The summed E-state index contributed by atoms with van der Waals surface area (Å²) < 4.78 is 5.57. The number of fused-ring (bicyclic) bond motifs is 1. The van der Waals surface area contributed by atoms with E-state index in [-0.39, 0.29) is 16.8 Å². The molecule has 0 amide bonds. The van der Waals surface area contributed by atoms with Crippen molar-refractivity contribution in [3.63, 3.8) is 0 Å².